The number of aliphatic carboxylic acids is 1. The summed E-state index contributed by atoms with van der Waals surface area (Å²) >= 11 is 0. The van der Waals surface area contributed by atoms with Crippen LogP contribution in [0.25, 0.3) is 0 Å². The van der Waals surface area contributed by atoms with Gasteiger partial charge in [0.05, 0.1) is 24.5 Å². The fourth-order valence-corrected chi connectivity index (χ4v) is 7.98. The lowest BCUT2D eigenvalue weighted by Gasteiger charge is -2.39. The number of benzene rings is 1. The number of methoxy groups -OCH3 is 1. The summed E-state index contributed by atoms with van der Waals surface area (Å²) in [5.74, 6) is -0.516. The number of carboxylic acids is 1. The van der Waals surface area contributed by atoms with Gasteiger partial charge in [0.15, 0.2) is 0 Å². The second-order valence-corrected chi connectivity index (χ2v) is 14.2. The molecule has 4 aliphatic carbocycles. The number of carbonyl (C=O) groups excluding carboxylic acids is 1. The topological polar surface area (TPSA) is 109 Å². The maximum absolute atomic E-state index is 14.1. The molecule has 6 atom stereocenters. The first-order valence-electron chi connectivity index (χ1n) is 15.7. The molecule has 1 amide bonds. The summed E-state index contributed by atoms with van der Waals surface area (Å²) in [4.78, 5) is 25.0. The van der Waals surface area contributed by atoms with E-state index in [1.54, 1.807) is 6.92 Å². The second kappa shape index (κ2) is 11.1. The fourth-order valence-electron chi connectivity index (χ4n) is 7.98. The lowest BCUT2D eigenvalue weighted by atomic mass is 9.70. The molecule has 8 nitrogen and oxygen atoms in total. The monoisotopic (exact) mass is 608 g/mol. The Kier molecular flexibility index (Phi) is 7.89. The third-order valence-electron chi connectivity index (χ3n) is 11.1. The fraction of sp³-hybridized carbons (Fsp3) is 0.750. The van der Waals surface area contributed by atoms with Crippen LogP contribution in [0, 0.1) is 28.6 Å². The van der Waals surface area contributed by atoms with Crippen molar-refractivity contribution in [2.45, 2.75) is 109 Å². The molecule has 0 radical (unpaired) electrons. The molecule has 43 heavy (non-hydrogen) atoms. The van der Waals surface area contributed by atoms with Crippen molar-refractivity contribution in [3.63, 3.8) is 0 Å². The van der Waals surface area contributed by atoms with Gasteiger partial charge in [0.2, 0.25) is 5.91 Å². The van der Waals surface area contributed by atoms with E-state index < -0.39 is 41.6 Å². The van der Waals surface area contributed by atoms with Crippen molar-refractivity contribution in [1.29, 1.82) is 0 Å². The molecule has 1 saturated heterocycles. The summed E-state index contributed by atoms with van der Waals surface area (Å²) in [5.41, 5.74) is -1.19. The van der Waals surface area contributed by atoms with Crippen molar-refractivity contribution >= 4 is 11.9 Å². The predicted octanol–water partition coefficient (Wildman–Crippen LogP) is 5.83. The highest BCUT2D eigenvalue weighted by Crippen LogP contribution is 2.52. The average molecular weight is 609 g/mol. The van der Waals surface area contributed by atoms with E-state index in [-0.39, 0.29) is 34.8 Å². The number of nitrogens with one attached hydrogen (secondary N) is 2. The van der Waals surface area contributed by atoms with E-state index in [0.29, 0.717) is 49.6 Å². The van der Waals surface area contributed by atoms with E-state index in [4.69, 9.17) is 14.2 Å². The van der Waals surface area contributed by atoms with Gasteiger partial charge in [0, 0.05) is 18.2 Å². The summed E-state index contributed by atoms with van der Waals surface area (Å²) in [5, 5.41) is 16.3. The smallest absolute Gasteiger partial charge is 0.420 e. The standard InChI is InChI=1S/C32H43F3N2O6/c1-30(9-4-10-30)16-36-27(38)24-17-5-6-18(13-17)25(24)37-28-26(43-28)20-14-23(21(32(33,34)35)15-22(20)41-3)42-19-7-11-31(2,12-8-19)29(39)40/h14-15,17-19,24-26,28,37H,4-13,16H2,1-3H3,(H,36,38)(H,39,40)/t17-,18+,19?,24+,25-,26?,28?,31?/m1/s1. The van der Waals surface area contributed by atoms with Crippen LogP contribution in [0.4, 0.5) is 13.2 Å². The molecular weight excluding hydrogens is 565 g/mol. The van der Waals surface area contributed by atoms with Crippen molar-refractivity contribution in [3.05, 3.63) is 23.3 Å². The molecular formula is C32H43F3N2O6. The van der Waals surface area contributed by atoms with Gasteiger partial charge in [-0.05, 0) is 94.1 Å². The Hall–Kier alpha value is -2.53. The molecule has 0 spiro atoms. The van der Waals surface area contributed by atoms with Crippen LogP contribution in [-0.4, -0.2) is 49.0 Å². The van der Waals surface area contributed by atoms with Gasteiger partial charge >= 0.3 is 12.1 Å². The molecule has 6 rings (SSSR count). The second-order valence-electron chi connectivity index (χ2n) is 14.2. The summed E-state index contributed by atoms with van der Waals surface area (Å²) < 4.78 is 59.7. The summed E-state index contributed by atoms with van der Waals surface area (Å²) in [6, 6.07) is 2.27. The van der Waals surface area contributed by atoms with Gasteiger partial charge in [0.1, 0.15) is 29.4 Å². The van der Waals surface area contributed by atoms with Crippen LogP contribution < -0.4 is 20.1 Å². The number of carbonyl (C=O) groups is 2. The van der Waals surface area contributed by atoms with E-state index in [9.17, 15) is 27.9 Å². The zero-order valence-electron chi connectivity index (χ0n) is 25.1. The first kappa shape index (κ1) is 30.5. The van der Waals surface area contributed by atoms with Crippen LogP contribution in [-0.2, 0) is 20.5 Å². The quantitative estimate of drug-likeness (QED) is 0.287. The molecule has 11 heteroatoms. The van der Waals surface area contributed by atoms with Crippen LogP contribution in [0.1, 0.15) is 95.3 Å². The van der Waals surface area contributed by atoms with Crippen LogP contribution in [0.2, 0.25) is 0 Å². The van der Waals surface area contributed by atoms with Gasteiger partial charge in [-0.1, -0.05) is 13.3 Å². The highest BCUT2D eigenvalue weighted by atomic mass is 19.4. The zero-order chi connectivity index (χ0) is 30.7. The largest absolute Gasteiger partial charge is 0.496 e. The number of amides is 1. The molecule has 4 saturated carbocycles. The Morgan fingerprint density at radius 2 is 1.74 bits per heavy atom. The summed E-state index contributed by atoms with van der Waals surface area (Å²) in [6.07, 6.45) is 1.69. The third kappa shape index (κ3) is 5.95. The number of fused-ring (bicyclic) bond motifs is 2. The van der Waals surface area contributed by atoms with Crippen LogP contribution >= 0.6 is 0 Å². The van der Waals surface area contributed by atoms with Crippen LogP contribution in [0.3, 0.4) is 0 Å². The Balaban J connectivity index is 1.16. The van der Waals surface area contributed by atoms with Crippen molar-refractivity contribution in [3.8, 4) is 11.5 Å². The molecule has 0 aromatic heterocycles. The lowest BCUT2D eigenvalue weighted by Crippen LogP contribution is -2.51. The maximum atomic E-state index is 14.1. The highest BCUT2D eigenvalue weighted by molar-refractivity contribution is 5.80. The molecule has 238 valence electrons. The number of epoxide rings is 1. The minimum atomic E-state index is -4.67. The van der Waals surface area contributed by atoms with E-state index in [2.05, 4.69) is 17.6 Å². The third-order valence-corrected chi connectivity index (χ3v) is 11.1. The summed E-state index contributed by atoms with van der Waals surface area (Å²) in [6.45, 7) is 4.57. The van der Waals surface area contributed by atoms with Gasteiger partial charge in [-0.15, -0.1) is 0 Å². The number of ether oxygens (including phenoxy) is 3. The number of halogens is 3. The van der Waals surface area contributed by atoms with Gasteiger partial charge in [-0.3, -0.25) is 14.9 Å². The van der Waals surface area contributed by atoms with E-state index >= 15 is 0 Å². The molecule has 1 heterocycles. The van der Waals surface area contributed by atoms with Crippen LogP contribution in [0.5, 0.6) is 11.5 Å². The average Bonchev–Trinajstić information content (AvgIpc) is 3.39. The number of hydrogen-bond donors (Lipinski definition) is 3. The molecule has 3 N–H and O–H groups in total. The first-order chi connectivity index (χ1) is 20.3. The molecule has 2 unspecified atom stereocenters. The molecule has 5 aliphatic rings. The van der Waals surface area contributed by atoms with E-state index in [0.717, 1.165) is 38.2 Å². The SMILES string of the molecule is COc1cc(C(F)(F)F)c(OC2CCC(C)(C(=O)O)CC2)cc1C1OC1N[C@@H]1[C@H]2CC[C@H](C2)[C@@H]1C(=O)NCC1(C)CCC1. The van der Waals surface area contributed by atoms with E-state index in [1.807, 2.05) is 0 Å². The molecule has 2 bridgehead atoms. The Labute approximate surface area is 250 Å². The van der Waals surface area contributed by atoms with Crippen molar-refractivity contribution < 1.29 is 42.1 Å². The van der Waals surface area contributed by atoms with Crippen molar-refractivity contribution in [1.82, 2.24) is 10.6 Å². The maximum Gasteiger partial charge on any atom is 0.420 e. The van der Waals surface area contributed by atoms with Gasteiger partial charge in [-0.25, -0.2) is 0 Å². The minimum Gasteiger partial charge on any atom is -0.496 e. The Bertz CT molecular complexity index is 1240. The molecule has 5 fully saturated rings. The number of carboxylic acid groups (broad SMARTS) is 1. The number of alkyl halides is 3. The lowest BCUT2D eigenvalue weighted by molar-refractivity contribution is -0.150. The van der Waals surface area contributed by atoms with Crippen LogP contribution in [0.15, 0.2) is 12.1 Å². The first-order valence-corrected chi connectivity index (χ1v) is 15.7. The minimum absolute atomic E-state index is 0.0510. The molecule has 1 aliphatic heterocycles. The molecule has 1 aromatic carbocycles. The van der Waals surface area contributed by atoms with Gasteiger partial charge < -0.3 is 24.6 Å². The van der Waals surface area contributed by atoms with Crippen molar-refractivity contribution in [2.24, 2.45) is 28.6 Å². The van der Waals surface area contributed by atoms with Crippen molar-refractivity contribution in [2.75, 3.05) is 13.7 Å². The zero-order valence-corrected chi connectivity index (χ0v) is 25.1. The van der Waals surface area contributed by atoms with Gasteiger partial charge in [-0.2, -0.15) is 13.2 Å². The predicted molar refractivity (Wildman–Crippen MR) is 150 cm³/mol. The highest BCUT2D eigenvalue weighted by Gasteiger charge is 2.55. The van der Waals surface area contributed by atoms with Gasteiger partial charge in [0.25, 0.3) is 0 Å². The normalized spacial score (nSPS) is 36.1. The van der Waals surface area contributed by atoms with E-state index in [1.165, 1.54) is 19.6 Å². The Morgan fingerprint density at radius 1 is 1.05 bits per heavy atom. The number of rotatable bonds is 10. The Morgan fingerprint density at radius 3 is 2.35 bits per heavy atom. The molecule has 1 aromatic rings. The summed E-state index contributed by atoms with van der Waals surface area (Å²) in [7, 11) is 1.33. The number of hydrogen-bond acceptors (Lipinski definition) is 6.